The average Bonchev–Trinajstić information content (AvgIpc) is 2.15. The Morgan fingerprint density at radius 3 is 2.50 bits per heavy atom. The fraction of sp³-hybridized carbons (Fsp3) is 1.00. The first-order valence-corrected chi connectivity index (χ1v) is 7.52. The molecule has 1 nitrogen and oxygen atoms in total. The SMILES string of the molecule is CC(C)(O)C1CCCC2CCCC[S+]21. The van der Waals surface area contributed by atoms with E-state index in [2.05, 4.69) is 0 Å². The van der Waals surface area contributed by atoms with Crippen molar-refractivity contribution in [3.05, 3.63) is 0 Å². The van der Waals surface area contributed by atoms with Gasteiger partial charge in [-0.1, -0.05) is 0 Å². The first-order chi connectivity index (χ1) is 6.59. The lowest BCUT2D eigenvalue weighted by molar-refractivity contribution is 0.0714. The lowest BCUT2D eigenvalue weighted by Crippen LogP contribution is -2.51. The van der Waals surface area contributed by atoms with E-state index >= 15 is 0 Å². The van der Waals surface area contributed by atoms with E-state index in [0.717, 1.165) is 5.25 Å². The zero-order valence-corrected chi connectivity index (χ0v) is 10.3. The predicted octanol–water partition coefficient (Wildman–Crippen LogP) is 2.48. The van der Waals surface area contributed by atoms with Crippen LogP contribution in [0.1, 0.15) is 52.4 Å². The summed E-state index contributed by atoms with van der Waals surface area (Å²) in [5, 5.41) is 11.8. The smallest absolute Gasteiger partial charge is 0.146 e. The topological polar surface area (TPSA) is 20.2 Å². The van der Waals surface area contributed by atoms with Crippen LogP contribution in [0.2, 0.25) is 0 Å². The van der Waals surface area contributed by atoms with E-state index in [1.54, 1.807) is 0 Å². The molecule has 0 aliphatic carbocycles. The standard InChI is InChI=1S/C12H23OS/c1-12(2,13)11-8-5-7-10-6-3-4-9-14(10)11/h10-11,13H,3-9H2,1-2H3/q+1. The molecule has 2 heteroatoms. The highest BCUT2D eigenvalue weighted by molar-refractivity contribution is 7.98. The normalized spacial score (nSPS) is 39.2. The summed E-state index contributed by atoms with van der Waals surface area (Å²) < 4.78 is 0. The molecule has 2 fully saturated rings. The lowest BCUT2D eigenvalue weighted by Gasteiger charge is -2.38. The number of fused-ring (bicyclic) bond motifs is 1. The van der Waals surface area contributed by atoms with Crippen molar-refractivity contribution in [1.29, 1.82) is 0 Å². The molecule has 0 aromatic rings. The van der Waals surface area contributed by atoms with Crippen molar-refractivity contribution in [2.45, 2.75) is 68.5 Å². The third-order valence-corrected chi connectivity index (χ3v) is 7.36. The van der Waals surface area contributed by atoms with Gasteiger partial charge in [-0.05, 0) is 63.3 Å². The summed E-state index contributed by atoms with van der Waals surface area (Å²) in [6.45, 7) is 4.03. The van der Waals surface area contributed by atoms with Gasteiger partial charge in [0.25, 0.3) is 0 Å². The zero-order valence-electron chi connectivity index (χ0n) is 9.46. The Kier molecular flexibility index (Phi) is 3.13. The molecule has 0 spiro atoms. The van der Waals surface area contributed by atoms with E-state index in [1.807, 2.05) is 13.8 Å². The molecule has 2 saturated heterocycles. The number of aliphatic hydroxyl groups is 1. The fourth-order valence-corrected chi connectivity index (χ4v) is 6.80. The van der Waals surface area contributed by atoms with Crippen LogP contribution < -0.4 is 0 Å². The molecule has 0 amide bonds. The maximum atomic E-state index is 10.2. The van der Waals surface area contributed by atoms with Gasteiger partial charge >= 0.3 is 0 Å². The van der Waals surface area contributed by atoms with Crippen molar-refractivity contribution in [2.24, 2.45) is 0 Å². The van der Waals surface area contributed by atoms with Crippen LogP contribution >= 0.6 is 0 Å². The van der Waals surface area contributed by atoms with E-state index in [9.17, 15) is 5.11 Å². The molecule has 0 bridgehead atoms. The number of hydrogen-bond donors (Lipinski definition) is 1. The third kappa shape index (κ3) is 2.11. The molecular formula is C12H23OS+. The summed E-state index contributed by atoms with van der Waals surface area (Å²) in [6.07, 6.45) is 8.34. The second-order valence-corrected chi connectivity index (χ2v) is 7.95. The molecular weight excluding hydrogens is 192 g/mol. The minimum absolute atomic E-state index is 0.431. The van der Waals surface area contributed by atoms with Crippen LogP contribution in [0.15, 0.2) is 0 Å². The summed E-state index contributed by atoms with van der Waals surface area (Å²) in [7, 11) is 0.540. The first-order valence-electron chi connectivity index (χ1n) is 6.00. The Morgan fingerprint density at radius 1 is 1.07 bits per heavy atom. The summed E-state index contributed by atoms with van der Waals surface area (Å²) in [4.78, 5) is 0. The van der Waals surface area contributed by atoms with Crippen molar-refractivity contribution >= 4 is 10.9 Å². The molecule has 14 heavy (non-hydrogen) atoms. The van der Waals surface area contributed by atoms with Crippen LogP contribution in [0.4, 0.5) is 0 Å². The third-order valence-electron chi connectivity index (χ3n) is 3.73. The molecule has 0 radical (unpaired) electrons. The quantitative estimate of drug-likeness (QED) is 0.666. The average molecular weight is 215 g/mol. The van der Waals surface area contributed by atoms with Gasteiger partial charge < -0.3 is 5.11 Å². The highest BCUT2D eigenvalue weighted by Crippen LogP contribution is 2.39. The van der Waals surface area contributed by atoms with Crippen molar-refractivity contribution < 1.29 is 5.11 Å². The van der Waals surface area contributed by atoms with Gasteiger partial charge in [0.15, 0.2) is 0 Å². The van der Waals surface area contributed by atoms with Gasteiger partial charge in [0, 0.05) is 0 Å². The van der Waals surface area contributed by atoms with Crippen LogP contribution in [0, 0.1) is 0 Å². The number of rotatable bonds is 1. The van der Waals surface area contributed by atoms with Crippen molar-refractivity contribution in [3.8, 4) is 0 Å². The zero-order chi connectivity index (χ0) is 10.2. The minimum Gasteiger partial charge on any atom is -0.385 e. The first kappa shape index (κ1) is 10.8. The fourth-order valence-electron chi connectivity index (χ4n) is 3.04. The molecule has 1 N–H and O–H groups in total. The molecule has 2 rings (SSSR count). The van der Waals surface area contributed by atoms with E-state index in [1.165, 1.54) is 44.3 Å². The van der Waals surface area contributed by atoms with Crippen molar-refractivity contribution in [3.63, 3.8) is 0 Å². The number of hydrogen-bond acceptors (Lipinski definition) is 1. The maximum Gasteiger partial charge on any atom is 0.146 e. The summed E-state index contributed by atoms with van der Waals surface area (Å²) in [5.74, 6) is 1.40. The van der Waals surface area contributed by atoms with Crippen LogP contribution in [-0.4, -0.2) is 27.0 Å². The molecule has 3 unspecified atom stereocenters. The van der Waals surface area contributed by atoms with Gasteiger partial charge in [-0.15, -0.1) is 0 Å². The van der Waals surface area contributed by atoms with Crippen LogP contribution in [0.5, 0.6) is 0 Å². The second kappa shape index (κ2) is 4.05. The van der Waals surface area contributed by atoms with E-state index in [0.29, 0.717) is 16.1 Å². The van der Waals surface area contributed by atoms with E-state index in [4.69, 9.17) is 0 Å². The molecule has 2 heterocycles. The van der Waals surface area contributed by atoms with E-state index < -0.39 is 5.60 Å². The molecule has 2 aliphatic heterocycles. The van der Waals surface area contributed by atoms with Crippen LogP contribution in [0.3, 0.4) is 0 Å². The molecule has 0 aromatic heterocycles. The molecule has 0 aromatic carbocycles. The highest BCUT2D eigenvalue weighted by Gasteiger charge is 2.49. The Morgan fingerprint density at radius 2 is 1.79 bits per heavy atom. The van der Waals surface area contributed by atoms with Crippen molar-refractivity contribution in [2.75, 3.05) is 5.75 Å². The Balaban J connectivity index is 2.09. The monoisotopic (exact) mass is 215 g/mol. The molecule has 2 aliphatic rings. The maximum absolute atomic E-state index is 10.2. The summed E-state index contributed by atoms with van der Waals surface area (Å²) in [5.41, 5.74) is -0.431. The van der Waals surface area contributed by atoms with Gasteiger partial charge in [-0.25, -0.2) is 0 Å². The molecule has 82 valence electrons. The lowest BCUT2D eigenvalue weighted by atomic mass is 9.97. The Bertz CT molecular complexity index is 195. The molecule has 3 atom stereocenters. The highest BCUT2D eigenvalue weighted by atomic mass is 32.2. The van der Waals surface area contributed by atoms with Gasteiger partial charge in [-0.3, -0.25) is 0 Å². The van der Waals surface area contributed by atoms with Crippen LogP contribution in [-0.2, 0) is 10.9 Å². The Hall–Kier alpha value is 0.310. The van der Waals surface area contributed by atoms with Gasteiger partial charge in [0.2, 0.25) is 0 Å². The second-order valence-electron chi connectivity index (χ2n) is 5.36. The van der Waals surface area contributed by atoms with Crippen molar-refractivity contribution in [1.82, 2.24) is 0 Å². The molecule has 0 saturated carbocycles. The van der Waals surface area contributed by atoms with Gasteiger partial charge in [0.1, 0.15) is 21.9 Å². The summed E-state index contributed by atoms with van der Waals surface area (Å²) >= 11 is 0. The van der Waals surface area contributed by atoms with Crippen LogP contribution in [0.25, 0.3) is 0 Å². The summed E-state index contributed by atoms with van der Waals surface area (Å²) in [6, 6.07) is 0. The Labute approximate surface area is 90.6 Å². The van der Waals surface area contributed by atoms with Gasteiger partial charge in [0.05, 0.1) is 0 Å². The largest absolute Gasteiger partial charge is 0.385 e. The predicted molar refractivity (Wildman–Crippen MR) is 63.8 cm³/mol. The van der Waals surface area contributed by atoms with Gasteiger partial charge in [-0.2, -0.15) is 0 Å². The minimum atomic E-state index is -0.431. The van der Waals surface area contributed by atoms with E-state index in [-0.39, 0.29) is 0 Å².